The monoisotopic (exact) mass is 308 g/mol. The molecule has 3 aliphatic heterocycles. The molecule has 3 saturated heterocycles. The van der Waals surface area contributed by atoms with Gasteiger partial charge in [0.2, 0.25) is 0 Å². The molecule has 0 amide bonds. The normalized spacial score (nSPS) is 40.2. The van der Waals surface area contributed by atoms with Crippen LogP contribution in [-0.2, 0) is 9.47 Å². The molecule has 4 heterocycles. The lowest BCUT2D eigenvalue weighted by Gasteiger charge is -2.42. The standard InChI is InChI=1S/C15H24N4O3/c1-18-5-2-10(3-6-18)17-12-11-8-21-15(22-11)13(14(12)20)19-7-4-16-9-19/h4,7,9-15,17,20H,2-3,5-6,8H2,1H3/t11-,12-,13-,14+,15-/m1/s1. The van der Waals surface area contributed by atoms with Crippen molar-refractivity contribution in [1.82, 2.24) is 19.8 Å². The van der Waals surface area contributed by atoms with Crippen LogP contribution in [0, 0.1) is 0 Å². The number of rotatable bonds is 3. The van der Waals surface area contributed by atoms with Crippen LogP contribution in [0.2, 0.25) is 0 Å². The highest BCUT2D eigenvalue weighted by atomic mass is 16.7. The molecule has 2 bridgehead atoms. The molecular weight excluding hydrogens is 284 g/mol. The maximum atomic E-state index is 10.9. The number of aliphatic hydroxyl groups excluding tert-OH is 1. The molecular formula is C15H24N4O3. The number of hydrogen-bond acceptors (Lipinski definition) is 6. The van der Waals surface area contributed by atoms with Crippen molar-refractivity contribution in [2.45, 2.75) is 49.5 Å². The number of nitrogens with one attached hydrogen (secondary N) is 1. The van der Waals surface area contributed by atoms with E-state index in [2.05, 4.69) is 22.2 Å². The van der Waals surface area contributed by atoms with Gasteiger partial charge in [0.05, 0.1) is 25.1 Å². The first-order valence-corrected chi connectivity index (χ1v) is 8.09. The summed E-state index contributed by atoms with van der Waals surface area (Å²) in [6, 6.07) is 0.0876. The molecule has 7 nitrogen and oxygen atoms in total. The highest BCUT2D eigenvalue weighted by Crippen LogP contribution is 2.36. The van der Waals surface area contributed by atoms with E-state index in [1.54, 1.807) is 12.5 Å². The summed E-state index contributed by atoms with van der Waals surface area (Å²) in [4.78, 5) is 6.42. The number of aliphatic hydroxyl groups is 1. The summed E-state index contributed by atoms with van der Waals surface area (Å²) < 4.78 is 13.6. The maximum absolute atomic E-state index is 10.9. The Hall–Kier alpha value is -0.990. The van der Waals surface area contributed by atoms with E-state index in [0.717, 1.165) is 25.9 Å². The molecule has 1 aromatic rings. The van der Waals surface area contributed by atoms with Gasteiger partial charge in [0.15, 0.2) is 6.29 Å². The van der Waals surface area contributed by atoms with Crippen molar-refractivity contribution < 1.29 is 14.6 Å². The number of piperidine rings is 1. The summed E-state index contributed by atoms with van der Waals surface area (Å²) in [5.74, 6) is 0. The lowest BCUT2D eigenvalue weighted by atomic mass is 9.93. The number of likely N-dealkylation sites (tertiary alicyclic amines) is 1. The second-order valence-corrected chi connectivity index (χ2v) is 6.64. The second-order valence-electron chi connectivity index (χ2n) is 6.64. The Morgan fingerprint density at radius 1 is 1.32 bits per heavy atom. The first kappa shape index (κ1) is 14.6. The number of ether oxygens (including phenoxy) is 2. The van der Waals surface area contributed by atoms with E-state index in [1.165, 1.54) is 0 Å². The molecule has 1 aromatic heterocycles. The molecule has 3 fully saturated rings. The highest BCUT2D eigenvalue weighted by molar-refractivity contribution is 5.02. The zero-order valence-corrected chi connectivity index (χ0v) is 12.8. The SMILES string of the molecule is CN1CCC(N[C@H]2[C@H](O)[C@@H](n3ccnc3)[C@@H]3OC[C@H]2O3)CC1. The van der Waals surface area contributed by atoms with Gasteiger partial charge in [0.1, 0.15) is 12.1 Å². The van der Waals surface area contributed by atoms with Crippen LogP contribution in [0.3, 0.4) is 0 Å². The van der Waals surface area contributed by atoms with Gasteiger partial charge in [-0.05, 0) is 33.0 Å². The quantitative estimate of drug-likeness (QED) is 0.791. The first-order valence-electron chi connectivity index (χ1n) is 8.09. The maximum Gasteiger partial charge on any atom is 0.181 e. The van der Waals surface area contributed by atoms with Crippen molar-refractivity contribution in [2.24, 2.45) is 0 Å². The van der Waals surface area contributed by atoms with E-state index in [4.69, 9.17) is 9.47 Å². The average molecular weight is 308 g/mol. The van der Waals surface area contributed by atoms with Gasteiger partial charge in [-0.25, -0.2) is 4.98 Å². The number of imidazole rings is 1. The van der Waals surface area contributed by atoms with Crippen LogP contribution in [0.15, 0.2) is 18.7 Å². The number of hydrogen-bond donors (Lipinski definition) is 2. The Kier molecular flexibility index (Phi) is 3.91. The Bertz CT molecular complexity index is 489. The topological polar surface area (TPSA) is 71.8 Å². The molecule has 2 N–H and O–H groups in total. The predicted molar refractivity (Wildman–Crippen MR) is 79.3 cm³/mol. The minimum Gasteiger partial charge on any atom is -0.389 e. The van der Waals surface area contributed by atoms with E-state index < -0.39 is 6.10 Å². The molecule has 22 heavy (non-hydrogen) atoms. The van der Waals surface area contributed by atoms with Gasteiger partial charge in [-0.3, -0.25) is 0 Å². The van der Waals surface area contributed by atoms with Crippen LogP contribution in [0.25, 0.3) is 0 Å². The van der Waals surface area contributed by atoms with Crippen LogP contribution < -0.4 is 5.32 Å². The van der Waals surface area contributed by atoms with Crippen molar-refractivity contribution in [1.29, 1.82) is 0 Å². The zero-order chi connectivity index (χ0) is 15.1. The Morgan fingerprint density at radius 3 is 2.86 bits per heavy atom. The fourth-order valence-electron chi connectivity index (χ4n) is 3.82. The summed E-state index contributed by atoms with van der Waals surface area (Å²) in [7, 11) is 2.15. The third-order valence-corrected chi connectivity index (χ3v) is 5.15. The molecule has 0 radical (unpaired) electrons. The zero-order valence-electron chi connectivity index (χ0n) is 12.8. The molecule has 3 aliphatic rings. The van der Waals surface area contributed by atoms with Crippen LogP contribution >= 0.6 is 0 Å². The molecule has 5 atom stereocenters. The Labute approximate surface area is 130 Å². The van der Waals surface area contributed by atoms with E-state index in [9.17, 15) is 5.11 Å². The highest BCUT2D eigenvalue weighted by Gasteiger charge is 2.51. The molecule has 0 spiro atoms. The molecule has 122 valence electrons. The largest absolute Gasteiger partial charge is 0.389 e. The minimum absolute atomic E-state index is 0.0700. The van der Waals surface area contributed by atoms with Crippen LogP contribution in [-0.4, -0.2) is 76.9 Å². The number of aromatic nitrogens is 2. The second kappa shape index (κ2) is 5.90. The smallest absolute Gasteiger partial charge is 0.181 e. The van der Waals surface area contributed by atoms with Gasteiger partial charge >= 0.3 is 0 Å². The predicted octanol–water partition coefficient (Wildman–Crippen LogP) is -0.407. The van der Waals surface area contributed by atoms with Crippen molar-refractivity contribution in [3.63, 3.8) is 0 Å². The summed E-state index contributed by atoms with van der Waals surface area (Å²) in [6.45, 7) is 2.73. The number of fused-ring (bicyclic) bond motifs is 2. The van der Waals surface area contributed by atoms with E-state index in [0.29, 0.717) is 12.6 Å². The molecule has 0 saturated carbocycles. The van der Waals surface area contributed by atoms with E-state index >= 15 is 0 Å². The molecule has 7 heteroatoms. The van der Waals surface area contributed by atoms with Gasteiger partial charge in [-0.1, -0.05) is 0 Å². The molecule has 0 aliphatic carbocycles. The molecule has 0 unspecified atom stereocenters. The summed E-state index contributed by atoms with van der Waals surface area (Å²) in [5, 5.41) is 14.5. The lowest BCUT2D eigenvalue weighted by Crippen LogP contribution is -2.60. The Morgan fingerprint density at radius 2 is 2.14 bits per heavy atom. The summed E-state index contributed by atoms with van der Waals surface area (Å²) >= 11 is 0. The summed E-state index contributed by atoms with van der Waals surface area (Å²) in [6.07, 6.45) is 6.49. The van der Waals surface area contributed by atoms with Gasteiger partial charge in [-0.2, -0.15) is 0 Å². The van der Waals surface area contributed by atoms with Gasteiger partial charge in [0, 0.05) is 18.4 Å². The average Bonchev–Trinajstić information content (AvgIpc) is 3.17. The first-order chi connectivity index (χ1) is 10.7. The molecule has 4 rings (SSSR count). The fraction of sp³-hybridized carbons (Fsp3) is 0.800. The van der Waals surface area contributed by atoms with Gasteiger partial charge in [-0.15, -0.1) is 0 Å². The van der Waals surface area contributed by atoms with Crippen LogP contribution in [0.5, 0.6) is 0 Å². The van der Waals surface area contributed by atoms with Crippen molar-refractivity contribution in [3.8, 4) is 0 Å². The van der Waals surface area contributed by atoms with Crippen molar-refractivity contribution in [3.05, 3.63) is 18.7 Å². The molecule has 0 aromatic carbocycles. The van der Waals surface area contributed by atoms with Crippen molar-refractivity contribution >= 4 is 0 Å². The number of nitrogens with zero attached hydrogens (tertiary/aromatic N) is 3. The summed E-state index contributed by atoms with van der Waals surface area (Å²) in [5.41, 5.74) is 0. The van der Waals surface area contributed by atoms with E-state index in [1.807, 2.05) is 10.8 Å². The van der Waals surface area contributed by atoms with Gasteiger partial charge < -0.3 is 29.4 Å². The minimum atomic E-state index is -0.542. The van der Waals surface area contributed by atoms with Gasteiger partial charge in [0.25, 0.3) is 0 Å². The third kappa shape index (κ3) is 2.57. The third-order valence-electron chi connectivity index (χ3n) is 5.15. The van der Waals surface area contributed by atoms with Crippen molar-refractivity contribution in [2.75, 3.05) is 26.7 Å². The van der Waals surface area contributed by atoms with E-state index in [-0.39, 0.29) is 24.5 Å². The fourth-order valence-corrected chi connectivity index (χ4v) is 3.82. The Balaban J connectivity index is 1.49. The van der Waals surface area contributed by atoms with Crippen LogP contribution in [0.4, 0.5) is 0 Å². The lowest BCUT2D eigenvalue weighted by molar-refractivity contribution is -0.166. The van der Waals surface area contributed by atoms with Crippen LogP contribution in [0.1, 0.15) is 18.9 Å².